The summed E-state index contributed by atoms with van der Waals surface area (Å²) in [6.07, 6.45) is 1.69. The largest absolute Gasteiger partial charge is 0.384 e. The van der Waals surface area contributed by atoms with Crippen LogP contribution in [-0.2, 0) is 0 Å². The zero-order valence-corrected chi connectivity index (χ0v) is 8.32. The zero-order chi connectivity index (χ0) is 10.8. The summed E-state index contributed by atoms with van der Waals surface area (Å²) >= 11 is 0. The minimum atomic E-state index is -0.104. The molecule has 0 aliphatic rings. The number of aromatic nitrogens is 1. The van der Waals surface area contributed by atoms with E-state index in [9.17, 15) is 4.79 Å². The summed E-state index contributed by atoms with van der Waals surface area (Å²) in [5.74, 6) is 0.351. The highest BCUT2D eigenvalue weighted by Gasteiger charge is 2.03. The van der Waals surface area contributed by atoms with Crippen molar-refractivity contribution < 1.29 is 4.79 Å². The van der Waals surface area contributed by atoms with Crippen molar-refractivity contribution in [3.63, 3.8) is 0 Å². The fraction of sp³-hybridized carbons (Fsp3) is 0.0909. The van der Waals surface area contributed by atoms with Crippen LogP contribution in [-0.4, -0.2) is 17.9 Å². The van der Waals surface area contributed by atoms with Gasteiger partial charge in [-0.05, 0) is 23.6 Å². The van der Waals surface area contributed by atoms with Gasteiger partial charge in [0.05, 0.1) is 0 Å². The topological polar surface area (TPSA) is 68.0 Å². The van der Waals surface area contributed by atoms with Crippen molar-refractivity contribution in [3.8, 4) is 0 Å². The highest BCUT2D eigenvalue weighted by atomic mass is 16.1. The van der Waals surface area contributed by atoms with E-state index in [1.807, 2.05) is 6.07 Å². The van der Waals surface area contributed by atoms with Crippen molar-refractivity contribution in [1.29, 1.82) is 0 Å². The van der Waals surface area contributed by atoms with Gasteiger partial charge in [-0.25, -0.2) is 4.98 Å². The number of nitrogens with two attached hydrogens (primary N) is 1. The van der Waals surface area contributed by atoms with Gasteiger partial charge in [-0.15, -0.1) is 0 Å². The maximum absolute atomic E-state index is 11.4. The van der Waals surface area contributed by atoms with E-state index in [4.69, 9.17) is 5.73 Å². The molecule has 1 amide bonds. The molecule has 4 heteroatoms. The molecule has 15 heavy (non-hydrogen) atoms. The number of nitrogen functional groups attached to an aromatic ring is 1. The van der Waals surface area contributed by atoms with Crippen LogP contribution in [0.3, 0.4) is 0 Å². The van der Waals surface area contributed by atoms with E-state index in [0.29, 0.717) is 11.4 Å². The third kappa shape index (κ3) is 1.74. The standard InChI is InChI=1S/C11H11N3O/c1-13-11(15)7-2-3-8-6-14-10(12)5-9(8)4-7/h2-6H,1H3,(H2,12,14)(H,13,15). The lowest BCUT2D eigenvalue weighted by molar-refractivity contribution is 0.0963. The van der Waals surface area contributed by atoms with Crippen LogP contribution < -0.4 is 11.1 Å². The molecule has 2 rings (SSSR count). The molecule has 1 aromatic heterocycles. The Morgan fingerprint density at radius 3 is 2.87 bits per heavy atom. The summed E-state index contributed by atoms with van der Waals surface area (Å²) < 4.78 is 0. The van der Waals surface area contributed by atoms with Gasteiger partial charge >= 0.3 is 0 Å². The molecule has 1 aromatic carbocycles. The SMILES string of the molecule is CNC(=O)c1ccc2cnc(N)cc2c1. The van der Waals surface area contributed by atoms with E-state index >= 15 is 0 Å². The minimum Gasteiger partial charge on any atom is -0.384 e. The fourth-order valence-electron chi connectivity index (χ4n) is 1.44. The predicted octanol–water partition coefficient (Wildman–Crippen LogP) is 1.18. The van der Waals surface area contributed by atoms with Gasteiger partial charge in [0.15, 0.2) is 0 Å². The van der Waals surface area contributed by atoms with E-state index in [1.165, 1.54) is 0 Å². The zero-order valence-electron chi connectivity index (χ0n) is 8.32. The average Bonchev–Trinajstić information content (AvgIpc) is 2.27. The summed E-state index contributed by atoms with van der Waals surface area (Å²) in [4.78, 5) is 15.4. The van der Waals surface area contributed by atoms with Crippen LogP contribution >= 0.6 is 0 Å². The first-order valence-electron chi connectivity index (χ1n) is 4.58. The number of nitrogens with one attached hydrogen (secondary N) is 1. The van der Waals surface area contributed by atoms with E-state index < -0.39 is 0 Å². The number of anilines is 1. The lowest BCUT2D eigenvalue weighted by Gasteiger charge is -2.02. The molecule has 0 atom stereocenters. The van der Waals surface area contributed by atoms with E-state index in [0.717, 1.165) is 10.8 Å². The molecule has 0 saturated carbocycles. The minimum absolute atomic E-state index is 0.104. The third-order valence-corrected chi connectivity index (χ3v) is 2.23. The number of nitrogens with zero attached hydrogens (tertiary/aromatic N) is 1. The maximum atomic E-state index is 11.4. The van der Waals surface area contributed by atoms with Gasteiger partial charge in [0.25, 0.3) is 5.91 Å². The van der Waals surface area contributed by atoms with Gasteiger partial charge in [-0.1, -0.05) is 6.07 Å². The number of fused-ring (bicyclic) bond motifs is 1. The number of hydrogen-bond donors (Lipinski definition) is 2. The van der Waals surface area contributed by atoms with Crippen molar-refractivity contribution in [2.75, 3.05) is 12.8 Å². The van der Waals surface area contributed by atoms with Crippen LogP contribution in [0.2, 0.25) is 0 Å². The first-order chi connectivity index (χ1) is 7.20. The molecule has 0 bridgehead atoms. The number of rotatable bonds is 1. The van der Waals surface area contributed by atoms with E-state index in [1.54, 1.807) is 31.4 Å². The molecular formula is C11H11N3O. The smallest absolute Gasteiger partial charge is 0.251 e. The Balaban J connectivity index is 2.59. The number of benzene rings is 1. The number of amides is 1. The third-order valence-electron chi connectivity index (χ3n) is 2.23. The molecule has 0 radical (unpaired) electrons. The summed E-state index contributed by atoms with van der Waals surface area (Å²) in [6, 6.07) is 7.17. The van der Waals surface area contributed by atoms with E-state index in [-0.39, 0.29) is 5.91 Å². The molecule has 0 unspecified atom stereocenters. The molecular weight excluding hydrogens is 190 g/mol. The second-order valence-electron chi connectivity index (χ2n) is 3.25. The first-order valence-corrected chi connectivity index (χ1v) is 4.58. The molecule has 2 aromatic rings. The molecule has 1 heterocycles. The number of carbonyl (C=O) groups excluding carboxylic acids is 1. The van der Waals surface area contributed by atoms with Gasteiger partial charge in [-0.3, -0.25) is 4.79 Å². The Morgan fingerprint density at radius 2 is 2.13 bits per heavy atom. The number of pyridine rings is 1. The van der Waals surface area contributed by atoms with Gasteiger partial charge < -0.3 is 11.1 Å². The Kier molecular flexibility index (Phi) is 2.25. The predicted molar refractivity (Wildman–Crippen MR) is 59.5 cm³/mol. The number of hydrogen-bond acceptors (Lipinski definition) is 3. The molecule has 4 nitrogen and oxygen atoms in total. The highest BCUT2D eigenvalue weighted by Crippen LogP contribution is 2.16. The summed E-state index contributed by atoms with van der Waals surface area (Å²) in [7, 11) is 1.60. The van der Waals surface area contributed by atoms with Crippen molar-refractivity contribution in [2.24, 2.45) is 0 Å². The second-order valence-corrected chi connectivity index (χ2v) is 3.25. The first kappa shape index (κ1) is 9.45. The van der Waals surface area contributed by atoms with Crippen LogP contribution in [0.5, 0.6) is 0 Å². The van der Waals surface area contributed by atoms with Crippen LogP contribution in [0.25, 0.3) is 10.8 Å². The van der Waals surface area contributed by atoms with Crippen LogP contribution in [0.15, 0.2) is 30.5 Å². The molecule has 0 aliphatic heterocycles. The molecule has 0 spiro atoms. The lowest BCUT2D eigenvalue weighted by Crippen LogP contribution is -2.17. The molecule has 76 valence electrons. The normalized spacial score (nSPS) is 10.2. The van der Waals surface area contributed by atoms with Crippen molar-refractivity contribution in [2.45, 2.75) is 0 Å². The van der Waals surface area contributed by atoms with Gasteiger partial charge in [0, 0.05) is 24.2 Å². The van der Waals surface area contributed by atoms with Crippen LogP contribution in [0.4, 0.5) is 5.82 Å². The van der Waals surface area contributed by atoms with Gasteiger partial charge in [0.1, 0.15) is 5.82 Å². The van der Waals surface area contributed by atoms with Gasteiger partial charge in [0.2, 0.25) is 0 Å². The molecule has 0 aliphatic carbocycles. The Hall–Kier alpha value is -2.10. The maximum Gasteiger partial charge on any atom is 0.251 e. The summed E-state index contributed by atoms with van der Waals surface area (Å²) in [5.41, 5.74) is 6.19. The second kappa shape index (κ2) is 3.57. The van der Waals surface area contributed by atoms with Crippen molar-refractivity contribution >= 4 is 22.5 Å². The van der Waals surface area contributed by atoms with E-state index in [2.05, 4.69) is 10.3 Å². The van der Waals surface area contributed by atoms with Crippen LogP contribution in [0, 0.1) is 0 Å². The molecule has 0 saturated heterocycles. The molecule has 0 fully saturated rings. The summed E-state index contributed by atoms with van der Waals surface area (Å²) in [5, 5.41) is 4.46. The van der Waals surface area contributed by atoms with Gasteiger partial charge in [-0.2, -0.15) is 0 Å². The lowest BCUT2D eigenvalue weighted by atomic mass is 10.1. The summed E-state index contributed by atoms with van der Waals surface area (Å²) in [6.45, 7) is 0. The number of carbonyl (C=O) groups is 1. The van der Waals surface area contributed by atoms with Crippen molar-refractivity contribution in [3.05, 3.63) is 36.0 Å². The molecule has 3 N–H and O–H groups in total. The van der Waals surface area contributed by atoms with Crippen LogP contribution in [0.1, 0.15) is 10.4 Å². The fourth-order valence-corrected chi connectivity index (χ4v) is 1.44. The average molecular weight is 201 g/mol. The Labute approximate surface area is 87.1 Å². The van der Waals surface area contributed by atoms with Crippen molar-refractivity contribution in [1.82, 2.24) is 10.3 Å². The Bertz CT molecular complexity index is 522. The quantitative estimate of drug-likeness (QED) is 0.727. The highest BCUT2D eigenvalue weighted by molar-refractivity contribution is 5.98. The monoisotopic (exact) mass is 201 g/mol. The Morgan fingerprint density at radius 1 is 1.33 bits per heavy atom.